The summed E-state index contributed by atoms with van der Waals surface area (Å²) in [5.41, 5.74) is 2.34. The molecule has 0 spiro atoms. The SMILES string of the molecule is Cc1cc([N+](=O)[O-])ccc1CN1CCNCC1C. The fourth-order valence-corrected chi connectivity index (χ4v) is 2.31. The van der Waals surface area contributed by atoms with Crippen molar-refractivity contribution in [1.82, 2.24) is 10.2 Å². The van der Waals surface area contributed by atoms with Gasteiger partial charge in [0.1, 0.15) is 0 Å². The van der Waals surface area contributed by atoms with E-state index in [1.54, 1.807) is 12.1 Å². The van der Waals surface area contributed by atoms with Gasteiger partial charge in [-0.2, -0.15) is 0 Å². The van der Waals surface area contributed by atoms with Crippen LogP contribution in [0.4, 0.5) is 5.69 Å². The normalized spacial score (nSPS) is 20.9. The third-order valence-corrected chi connectivity index (χ3v) is 3.55. The van der Waals surface area contributed by atoms with Gasteiger partial charge in [0.15, 0.2) is 0 Å². The molecule has 18 heavy (non-hydrogen) atoms. The molecule has 0 aromatic heterocycles. The van der Waals surface area contributed by atoms with Crippen LogP contribution in [-0.4, -0.2) is 35.5 Å². The first kappa shape index (κ1) is 13.0. The molecule has 1 unspecified atom stereocenters. The van der Waals surface area contributed by atoms with Gasteiger partial charge in [0.25, 0.3) is 5.69 Å². The Bertz CT molecular complexity index is 448. The highest BCUT2D eigenvalue weighted by molar-refractivity contribution is 5.39. The van der Waals surface area contributed by atoms with E-state index in [0.717, 1.165) is 31.7 Å². The number of rotatable bonds is 3. The highest BCUT2D eigenvalue weighted by Gasteiger charge is 2.19. The predicted octanol–water partition coefficient (Wildman–Crippen LogP) is 1.70. The maximum atomic E-state index is 10.7. The van der Waals surface area contributed by atoms with E-state index in [2.05, 4.69) is 17.1 Å². The van der Waals surface area contributed by atoms with E-state index >= 15 is 0 Å². The first-order valence-electron chi connectivity index (χ1n) is 6.26. The minimum Gasteiger partial charge on any atom is -0.314 e. The van der Waals surface area contributed by atoms with Crippen LogP contribution in [0.5, 0.6) is 0 Å². The number of nitro groups is 1. The van der Waals surface area contributed by atoms with Gasteiger partial charge in [-0.05, 0) is 25.0 Å². The largest absolute Gasteiger partial charge is 0.314 e. The van der Waals surface area contributed by atoms with E-state index in [9.17, 15) is 10.1 Å². The lowest BCUT2D eigenvalue weighted by Gasteiger charge is -2.34. The zero-order chi connectivity index (χ0) is 13.1. The van der Waals surface area contributed by atoms with Gasteiger partial charge in [-0.3, -0.25) is 15.0 Å². The van der Waals surface area contributed by atoms with Crippen molar-refractivity contribution in [2.45, 2.75) is 26.4 Å². The van der Waals surface area contributed by atoms with E-state index in [-0.39, 0.29) is 10.6 Å². The van der Waals surface area contributed by atoms with Crippen molar-refractivity contribution in [3.63, 3.8) is 0 Å². The highest BCUT2D eigenvalue weighted by atomic mass is 16.6. The van der Waals surface area contributed by atoms with Gasteiger partial charge in [-0.1, -0.05) is 6.07 Å². The first-order chi connectivity index (χ1) is 8.58. The molecule has 0 radical (unpaired) electrons. The smallest absolute Gasteiger partial charge is 0.269 e. The highest BCUT2D eigenvalue weighted by Crippen LogP contribution is 2.19. The van der Waals surface area contributed by atoms with Crippen molar-refractivity contribution in [1.29, 1.82) is 0 Å². The number of hydrogen-bond acceptors (Lipinski definition) is 4. The Hall–Kier alpha value is -1.46. The van der Waals surface area contributed by atoms with Crippen LogP contribution in [0.2, 0.25) is 0 Å². The van der Waals surface area contributed by atoms with E-state index in [0.29, 0.717) is 6.04 Å². The monoisotopic (exact) mass is 249 g/mol. The van der Waals surface area contributed by atoms with Crippen molar-refractivity contribution in [2.75, 3.05) is 19.6 Å². The summed E-state index contributed by atoms with van der Waals surface area (Å²) in [4.78, 5) is 12.8. The molecule has 1 atom stereocenters. The molecule has 0 bridgehead atoms. The molecule has 1 heterocycles. The lowest BCUT2D eigenvalue weighted by molar-refractivity contribution is -0.384. The summed E-state index contributed by atoms with van der Waals surface area (Å²) in [6.45, 7) is 8.05. The molecule has 1 aliphatic rings. The van der Waals surface area contributed by atoms with Crippen molar-refractivity contribution >= 4 is 5.69 Å². The molecule has 2 rings (SSSR count). The van der Waals surface area contributed by atoms with Crippen molar-refractivity contribution in [3.05, 3.63) is 39.4 Å². The van der Waals surface area contributed by atoms with Gasteiger partial charge >= 0.3 is 0 Å². The van der Waals surface area contributed by atoms with Gasteiger partial charge in [-0.25, -0.2) is 0 Å². The van der Waals surface area contributed by atoms with Crippen molar-refractivity contribution in [3.8, 4) is 0 Å². The summed E-state index contributed by atoms with van der Waals surface area (Å²) in [7, 11) is 0. The summed E-state index contributed by atoms with van der Waals surface area (Å²) >= 11 is 0. The molecule has 0 saturated carbocycles. The average Bonchev–Trinajstić information content (AvgIpc) is 2.34. The van der Waals surface area contributed by atoms with Crippen LogP contribution in [0.1, 0.15) is 18.1 Å². The summed E-state index contributed by atoms with van der Waals surface area (Å²) < 4.78 is 0. The van der Waals surface area contributed by atoms with Crippen LogP contribution in [0.3, 0.4) is 0 Å². The van der Waals surface area contributed by atoms with E-state index in [4.69, 9.17) is 0 Å². The number of benzene rings is 1. The van der Waals surface area contributed by atoms with Gasteiger partial charge in [0.2, 0.25) is 0 Å². The molecule has 1 aliphatic heterocycles. The standard InChI is InChI=1S/C13H19N3O2/c1-10-7-13(16(17)18)4-3-12(10)9-15-6-5-14-8-11(15)2/h3-4,7,11,14H,5-6,8-9H2,1-2H3. The zero-order valence-corrected chi connectivity index (χ0v) is 10.8. The maximum Gasteiger partial charge on any atom is 0.269 e. The Kier molecular flexibility index (Phi) is 3.93. The van der Waals surface area contributed by atoms with Crippen LogP contribution in [0.15, 0.2) is 18.2 Å². The number of piperazine rings is 1. The summed E-state index contributed by atoms with van der Waals surface area (Å²) in [5.74, 6) is 0. The third kappa shape index (κ3) is 2.86. The Labute approximate surface area is 107 Å². The van der Waals surface area contributed by atoms with Crippen LogP contribution in [0.25, 0.3) is 0 Å². The first-order valence-corrected chi connectivity index (χ1v) is 6.26. The number of aryl methyl sites for hydroxylation is 1. The lowest BCUT2D eigenvalue weighted by atomic mass is 10.1. The number of nitrogens with zero attached hydrogens (tertiary/aromatic N) is 2. The molecule has 5 heteroatoms. The second-order valence-corrected chi connectivity index (χ2v) is 4.89. The summed E-state index contributed by atoms with van der Waals surface area (Å²) in [6.07, 6.45) is 0. The van der Waals surface area contributed by atoms with Crippen molar-refractivity contribution in [2.24, 2.45) is 0 Å². The molecule has 1 aromatic carbocycles. The molecular formula is C13H19N3O2. The fraction of sp³-hybridized carbons (Fsp3) is 0.538. The Morgan fingerprint density at radius 3 is 2.94 bits per heavy atom. The second-order valence-electron chi connectivity index (χ2n) is 4.89. The zero-order valence-electron chi connectivity index (χ0n) is 10.8. The van der Waals surface area contributed by atoms with E-state index in [1.807, 2.05) is 13.0 Å². The summed E-state index contributed by atoms with van der Waals surface area (Å²) in [5, 5.41) is 14.1. The van der Waals surface area contributed by atoms with E-state index < -0.39 is 0 Å². The molecule has 0 aliphatic carbocycles. The van der Waals surface area contributed by atoms with Crippen LogP contribution < -0.4 is 5.32 Å². The molecule has 1 N–H and O–H groups in total. The molecule has 0 amide bonds. The minimum absolute atomic E-state index is 0.171. The Morgan fingerprint density at radius 2 is 2.33 bits per heavy atom. The van der Waals surface area contributed by atoms with Gasteiger partial charge in [0, 0.05) is 44.4 Å². The van der Waals surface area contributed by atoms with Crippen LogP contribution in [-0.2, 0) is 6.54 Å². The third-order valence-electron chi connectivity index (χ3n) is 3.55. The average molecular weight is 249 g/mol. The van der Waals surface area contributed by atoms with Gasteiger partial charge in [0.05, 0.1) is 4.92 Å². The van der Waals surface area contributed by atoms with Crippen LogP contribution in [0, 0.1) is 17.0 Å². The number of non-ortho nitro benzene ring substituents is 1. The fourth-order valence-electron chi connectivity index (χ4n) is 2.31. The Morgan fingerprint density at radius 1 is 1.56 bits per heavy atom. The van der Waals surface area contributed by atoms with Crippen LogP contribution >= 0.6 is 0 Å². The molecule has 98 valence electrons. The number of hydrogen-bond donors (Lipinski definition) is 1. The van der Waals surface area contributed by atoms with Crippen molar-refractivity contribution < 1.29 is 4.92 Å². The molecule has 1 fully saturated rings. The maximum absolute atomic E-state index is 10.7. The minimum atomic E-state index is -0.343. The molecule has 5 nitrogen and oxygen atoms in total. The number of nitro benzene ring substituents is 1. The van der Waals surface area contributed by atoms with Gasteiger partial charge < -0.3 is 5.32 Å². The van der Waals surface area contributed by atoms with E-state index in [1.165, 1.54) is 5.56 Å². The second kappa shape index (κ2) is 5.46. The topological polar surface area (TPSA) is 58.4 Å². The predicted molar refractivity (Wildman–Crippen MR) is 70.6 cm³/mol. The quantitative estimate of drug-likeness (QED) is 0.654. The molecule has 1 saturated heterocycles. The molecular weight excluding hydrogens is 230 g/mol. The lowest BCUT2D eigenvalue weighted by Crippen LogP contribution is -2.49. The molecule has 1 aromatic rings. The van der Waals surface area contributed by atoms with Gasteiger partial charge in [-0.15, -0.1) is 0 Å². The summed E-state index contributed by atoms with van der Waals surface area (Å²) in [6, 6.07) is 5.63. The Balaban J connectivity index is 2.11. The number of nitrogens with one attached hydrogen (secondary N) is 1.